The Morgan fingerprint density at radius 1 is 1.21 bits per heavy atom. The van der Waals surface area contributed by atoms with Crippen LogP contribution in [-0.4, -0.2) is 42.9 Å². The maximum atomic E-state index is 12.2. The van der Waals surface area contributed by atoms with Gasteiger partial charge >= 0.3 is 6.18 Å². The zero-order chi connectivity index (χ0) is 14.5. The molecule has 0 saturated heterocycles. The second-order valence-electron chi connectivity index (χ2n) is 4.78. The number of hydrogen-bond acceptors (Lipinski definition) is 3. The molecular formula is C13H19F3N2O. The molecular weight excluding hydrogens is 257 g/mol. The maximum Gasteiger partial charge on any atom is 0.401 e. The first kappa shape index (κ1) is 15.9. The van der Waals surface area contributed by atoms with Gasteiger partial charge < -0.3 is 10.8 Å². The van der Waals surface area contributed by atoms with Crippen LogP contribution in [0, 0.1) is 0 Å². The van der Waals surface area contributed by atoms with Crippen LogP contribution in [0.2, 0.25) is 0 Å². The van der Waals surface area contributed by atoms with Crippen molar-refractivity contribution in [3.05, 3.63) is 35.9 Å². The van der Waals surface area contributed by atoms with Crippen molar-refractivity contribution in [2.45, 2.75) is 18.1 Å². The number of halogens is 3. The van der Waals surface area contributed by atoms with Gasteiger partial charge in [0.1, 0.15) is 0 Å². The van der Waals surface area contributed by atoms with Crippen LogP contribution in [0.4, 0.5) is 13.2 Å². The van der Waals surface area contributed by atoms with Crippen molar-refractivity contribution >= 4 is 0 Å². The Bertz CT molecular complexity index is 383. The molecule has 0 spiro atoms. The Morgan fingerprint density at radius 3 is 2.26 bits per heavy atom. The van der Waals surface area contributed by atoms with Crippen molar-refractivity contribution in [1.82, 2.24) is 4.90 Å². The SMILES string of the molecule is CN(CCC(N)(CO)c1ccccc1)CC(F)(F)F. The first-order valence-electron chi connectivity index (χ1n) is 5.97. The Kier molecular flexibility index (Phi) is 5.34. The van der Waals surface area contributed by atoms with Gasteiger partial charge in [-0.15, -0.1) is 0 Å². The lowest BCUT2D eigenvalue weighted by atomic mass is 9.88. The predicted octanol–water partition coefficient (Wildman–Crippen LogP) is 1.72. The molecule has 0 amide bonds. The molecule has 1 aromatic rings. The molecule has 0 aliphatic carbocycles. The van der Waals surface area contributed by atoms with Crippen molar-refractivity contribution < 1.29 is 18.3 Å². The smallest absolute Gasteiger partial charge is 0.394 e. The standard InChI is InChI=1S/C13H19F3N2O/c1-18(9-13(14,15)16)8-7-12(17,10-19)11-5-3-2-4-6-11/h2-6,19H,7-10,17H2,1H3. The summed E-state index contributed by atoms with van der Waals surface area (Å²) >= 11 is 0. The minimum atomic E-state index is -4.22. The summed E-state index contributed by atoms with van der Waals surface area (Å²) in [6, 6.07) is 8.91. The van der Waals surface area contributed by atoms with E-state index >= 15 is 0 Å². The lowest BCUT2D eigenvalue weighted by Gasteiger charge is -2.30. The Labute approximate surface area is 110 Å². The normalized spacial score (nSPS) is 15.5. The van der Waals surface area contributed by atoms with Gasteiger partial charge in [-0.05, 0) is 19.0 Å². The van der Waals surface area contributed by atoms with Gasteiger partial charge in [0, 0.05) is 6.54 Å². The van der Waals surface area contributed by atoms with Crippen LogP contribution in [0.3, 0.4) is 0 Å². The molecule has 0 saturated carbocycles. The molecule has 0 aliphatic rings. The fourth-order valence-electron chi connectivity index (χ4n) is 1.86. The zero-order valence-electron chi connectivity index (χ0n) is 10.8. The molecule has 0 fully saturated rings. The Hall–Kier alpha value is -1.11. The molecule has 0 aromatic heterocycles. The number of nitrogens with zero attached hydrogens (tertiary/aromatic N) is 1. The molecule has 108 valence electrons. The summed E-state index contributed by atoms with van der Waals surface area (Å²) in [4.78, 5) is 1.15. The van der Waals surface area contributed by atoms with Crippen LogP contribution in [0.1, 0.15) is 12.0 Å². The number of nitrogens with two attached hydrogens (primary N) is 1. The first-order valence-corrected chi connectivity index (χ1v) is 5.97. The van der Waals surface area contributed by atoms with E-state index < -0.39 is 18.3 Å². The lowest BCUT2D eigenvalue weighted by Crippen LogP contribution is -2.44. The highest BCUT2D eigenvalue weighted by molar-refractivity contribution is 5.24. The van der Waals surface area contributed by atoms with Gasteiger partial charge in [-0.25, -0.2) is 0 Å². The van der Waals surface area contributed by atoms with Gasteiger partial charge in [-0.1, -0.05) is 30.3 Å². The van der Waals surface area contributed by atoms with Crippen LogP contribution >= 0.6 is 0 Å². The molecule has 1 aromatic carbocycles. The van der Waals surface area contributed by atoms with E-state index in [2.05, 4.69) is 0 Å². The van der Waals surface area contributed by atoms with Crippen molar-refractivity contribution in [1.29, 1.82) is 0 Å². The van der Waals surface area contributed by atoms with E-state index in [1.54, 1.807) is 24.3 Å². The lowest BCUT2D eigenvalue weighted by molar-refractivity contribution is -0.143. The van der Waals surface area contributed by atoms with Crippen LogP contribution in [-0.2, 0) is 5.54 Å². The number of aliphatic hydroxyl groups is 1. The van der Waals surface area contributed by atoms with Gasteiger partial charge in [0.15, 0.2) is 0 Å². The molecule has 0 aliphatic heterocycles. The Balaban J connectivity index is 2.63. The summed E-state index contributed by atoms with van der Waals surface area (Å²) in [7, 11) is 1.39. The molecule has 6 heteroatoms. The summed E-state index contributed by atoms with van der Waals surface area (Å²) in [5.41, 5.74) is 5.78. The van der Waals surface area contributed by atoms with E-state index in [4.69, 9.17) is 5.73 Å². The summed E-state index contributed by atoms with van der Waals surface area (Å²) in [6.45, 7) is -1.13. The minimum Gasteiger partial charge on any atom is -0.394 e. The predicted molar refractivity (Wildman–Crippen MR) is 67.6 cm³/mol. The zero-order valence-corrected chi connectivity index (χ0v) is 10.8. The number of hydrogen-bond donors (Lipinski definition) is 2. The van der Waals surface area contributed by atoms with E-state index in [-0.39, 0.29) is 19.6 Å². The highest BCUT2D eigenvalue weighted by Crippen LogP contribution is 2.23. The van der Waals surface area contributed by atoms with Crippen molar-refractivity contribution in [3.63, 3.8) is 0 Å². The molecule has 0 bridgehead atoms. The average Bonchev–Trinajstić information content (AvgIpc) is 2.35. The van der Waals surface area contributed by atoms with E-state index in [1.165, 1.54) is 7.05 Å². The Morgan fingerprint density at radius 2 is 1.79 bits per heavy atom. The van der Waals surface area contributed by atoms with Gasteiger partial charge in [-0.2, -0.15) is 13.2 Å². The monoisotopic (exact) mass is 276 g/mol. The summed E-state index contributed by atoms with van der Waals surface area (Å²) in [6.07, 6.45) is -3.97. The summed E-state index contributed by atoms with van der Waals surface area (Å²) < 4.78 is 36.6. The number of alkyl halides is 3. The molecule has 3 nitrogen and oxygen atoms in total. The molecule has 1 rings (SSSR count). The van der Waals surface area contributed by atoms with Gasteiger partial charge in [0.2, 0.25) is 0 Å². The maximum absolute atomic E-state index is 12.2. The molecule has 1 unspecified atom stereocenters. The van der Waals surface area contributed by atoms with Crippen molar-refractivity contribution in [2.24, 2.45) is 5.73 Å². The molecule has 0 radical (unpaired) electrons. The van der Waals surface area contributed by atoms with Crippen LogP contribution in [0.15, 0.2) is 30.3 Å². The number of rotatable bonds is 6. The fourth-order valence-corrected chi connectivity index (χ4v) is 1.86. The largest absolute Gasteiger partial charge is 0.401 e. The second kappa shape index (κ2) is 6.36. The average molecular weight is 276 g/mol. The fraction of sp³-hybridized carbons (Fsp3) is 0.538. The molecule has 0 heterocycles. The quantitative estimate of drug-likeness (QED) is 0.831. The van der Waals surface area contributed by atoms with Crippen molar-refractivity contribution in [2.75, 3.05) is 26.7 Å². The van der Waals surface area contributed by atoms with Crippen LogP contribution < -0.4 is 5.73 Å². The van der Waals surface area contributed by atoms with E-state index in [0.717, 1.165) is 10.5 Å². The summed E-state index contributed by atoms with van der Waals surface area (Å²) in [5.74, 6) is 0. The third kappa shape index (κ3) is 5.18. The highest BCUT2D eigenvalue weighted by Gasteiger charge is 2.31. The third-order valence-electron chi connectivity index (χ3n) is 3.02. The topological polar surface area (TPSA) is 49.5 Å². The molecule has 19 heavy (non-hydrogen) atoms. The van der Waals surface area contributed by atoms with Gasteiger partial charge in [-0.3, -0.25) is 4.90 Å². The second-order valence-corrected chi connectivity index (χ2v) is 4.78. The highest BCUT2D eigenvalue weighted by atomic mass is 19.4. The van der Waals surface area contributed by atoms with Gasteiger partial charge in [0.25, 0.3) is 0 Å². The minimum absolute atomic E-state index is 0.158. The van der Waals surface area contributed by atoms with E-state index in [0.29, 0.717) is 0 Å². The van der Waals surface area contributed by atoms with Gasteiger partial charge in [0.05, 0.1) is 18.7 Å². The molecule has 1 atom stereocenters. The summed E-state index contributed by atoms with van der Waals surface area (Å²) in [5, 5.41) is 9.42. The van der Waals surface area contributed by atoms with Crippen LogP contribution in [0.25, 0.3) is 0 Å². The number of benzene rings is 1. The van der Waals surface area contributed by atoms with E-state index in [9.17, 15) is 18.3 Å². The van der Waals surface area contributed by atoms with E-state index in [1.807, 2.05) is 6.07 Å². The third-order valence-corrected chi connectivity index (χ3v) is 3.02. The van der Waals surface area contributed by atoms with Crippen molar-refractivity contribution in [3.8, 4) is 0 Å². The van der Waals surface area contributed by atoms with Crippen LogP contribution in [0.5, 0.6) is 0 Å². The molecule has 3 N–H and O–H groups in total. The number of aliphatic hydroxyl groups excluding tert-OH is 1. The first-order chi connectivity index (χ1) is 8.77.